The largest absolute Gasteiger partial charge is 0.366 e. The molecule has 0 fully saturated rings. The Bertz CT molecular complexity index is 540. The third-order valence-electron chi connectivity index (χ3n) is 3.43. The molecule has 0 bridgehead atoms. The van der Waals surface area contributed by atoms with Gasteiger partial charge in [0, 0.05) is 23.7 Å². The normalized spacial score (nSPS) is 10.8. The van der Waals surface area contributed by atoms with Crippen molar-refractivity contribution in [1.29, 1.82) is 0 Å². The topological polar surface area (TPSA) is 15.3 Å². The number of benzene rings is 1. The third-order valence-corrected chi connectivity index (χ3v) is 4.29. The second kappa shape index (κ2) is 8.15. The minimum Gasteiger partial charge on any atom is -0.366 e. The van der Waals surface area contributed by atoms with E-state index in [4.69, 9.17) is 0 Å². The maximum absolute atomic E-state index is 13.6. The van der Waals surface area contributed by atoms with Crippen molar-refractivity contribution in [2.24, 2.45) is 0 Å². The van der Waals surface area contributed by atoms with Crippen molar-refractivity contribution < 1.29 is 4.39 Å². The molecule has 21 heavy (non-hydrogen) atoms. The van der Waals surface area contributed by atoms with E-state index in [9.17, 15) is 4.39 Å². The molecule has 0 saturated carbocycles. The van der Waals surface area contributed by atoms with Gasteiger partial charge in [0.2, 0.25) is 0 Å². The molecular weight excluding hydrogens is 283 g/mol. The van der Waals surface area contributed by atoms with Gasteiger partial charge in [-0.05, 0) is 55.1 Å². The highest BCUT2D eigenvalue weighted by Crippen LogP contribution is 2.24. The van der Waals surface area contributed by atoms with E-state index < -0.39 is 0 Å². The van der Waals surface area contributed by atoms with E-state index >= 15 is 0 Å². The molecule has 0 saturated heterocycles. The zero-order valence-corrected chi connectivity index (χ0v) is 13.5. The van der Waals surface area contributed by atoms with Gasteiger partial charge in [0.05, 0.1) is 6.54 Å². The van der Waals surface area contributed by atoms with Gasteiger partial charge in [0.1, 0.15) is 5.82 Å². The zero-order valence-electron chi connectivity index (χ0n) is 12.7. The van der Waals surface area contributed by atoms with E-state index in [0.717, 1.165) is 37.3 Å². The number of nitrogens with zero attached hydrogens (tertiary/aromatic N) is 1. The standard InChI is InChI=1S/C17H23FN2S/c1-3-9-19-12-14-11-15(18)7-8-17(14)20(4-2)13-16-6-5-10-21-16/h5-8,10-11,19H,3-4,9,12-13H2,1-2H3. The Labute approximate surface area is 130 Å². The second-order valence-corrected chi connectivity index (χ2v) is 6.08. The summed E-state index contributed by atoms with van der Waals surface area (Å²) in [4.78, 5) is 3.63. The van der Waals surface area contributed by atoms with Crippen LogP contribution in [0.1, 0.15) is 30.7 Å². The summed E-state index contributed by atoms with van der Waals surface area (Å²) in [5.41, 5.74) is 2.15. The van der Waals surface area contributed by atoms with Gasteiger partial charge in [-0.2, -0.15) is 0 Å². The fourth-order valence-corrected chi connectivity index (χ4v) is 3.08. The summed E-state index contributed by atoms with van der Waals surface area (Å²) >= 11 is 1.76. The fourth-order valence-electron chi connectivity index (χ4n) is 2.36. The quantitative estimate of drug-likeness (QED) is 0.727. The lowest BCUT2D eigenvalue weighted by atomic mass is 10.1. The molecule has 1 aromatic heterocycles. The molecule has 1 heterocycles. The van der Waals surface area contributed by atoms with Crippen LogP contribution in [0, 0.1) is 5.82 Å². The molecule has 2 aromatic rings. The predicted octanol–water partition coefficient (Wildman–Crippen LogP) is 4.41. The van der Waals surface area contributed by atoms with E-state index in [0.29, 0.717) is 6.54 Å². The third kappa shape index (κ3) is 4.55. The maximum atomic E-state index is 13.6. The van der Waals surface area contributed by atoms with Gasteiger partial charge < -0.3 is 10.2 Å². The average molecular weight is 306 g/mol. The Morgan fingerprint density at radius 3 is 2.76 bits per heavy atom. The molecule has 2 nitrogen and oxygen atoms in total. The van der Waals surface area contributed by atoms with Gasteiger partial charge in [-0.1, -0.05) is 13.0 Å². The van der Waals surface area contributed by atoms with Crippen LogP contribution < -0.4 is 10.2 Å². The molecule has 0 aliphatic carbocycles. The molecule has 0 atom stereocenters. The van der Waals surface area contributed by atoms with Crippen LogP contribution in [-0.2, 0) is 13.1 Å². The number of nitrogens with one attached hydrogen (secondary N) is 1. The van der Waals surface area contributed by atoms with E-state index in [-0.39, 0.29) is 5.82 Å². The first-order valence-corrected chi connectivity index (χ1v) is 8.39. The SMILES string of the molecule is CCCNCc1cc(F)ccc1N(CC)Cc1cccs1. The number of thiophene rings is 1. The lowest BCUT2D eigenvalue weighted by molar-refractivity contribution is 0.618. The molecular formula is C17H23FN2S. The van der Waals surface area contributed by atoms with E-state index in [1.807, 2.05) is 6.07 Å². The first-order valence-electron chi connectivity index (χ1n) is 7.51. The van der Waals surface area contributed by atoms with E-state index in [2.05, 4.69) is 41.6 Å². The molecule has 0 radical (unpaired) electrons. The van der Waals surface area contributed by atoms with Crippen LogP contribution in [0.25, 0.3) is 0 Å². The number of hydrogen-bond acceptors (Lipinski definition) is 3. The average Bonchev–Trinajstić information content (AvgIpc) is 2.99. The Morgan fingerprint density at radius 2 is 2.10 bits per heavy atom. The highest BCUT2D eigenvalue weighted by Gasteiger charge is 2.11. The molecule has 0 unspecified atom stereocenters. The molecule has 0 spiro atoms. The highest BCUT2D eigenvalue weighted by molar-refractivity contribution is 7.09. The van der Waals surface area contributed by atoms with Gasteiger partial charge >= 0.3 is 0 Å². The van der Waals surface area contributed by atoms with E-state index in [1.165, 1.54) is 4.88 Å². The first kappa shape index (κ1) is 16.0. The van der Waals surface area contributed by atoms with Crippen molar-refractivity contribution in [3.63, 3.8) is 0 Å². The molecule has 0 aliphatic rings. The molecule has 0 amide bonds. The summed E-state index contributed by atoms with van der Waals surface area (Å²) in [7, 11) is 0. The van der Waals surface area contributed by atoms with Gasteiger partial charge in [0.25, 0.3) is 0 Å². The van der Waals surface area contributed by atoms with Gasteiger partial charge in [-0.15, -0.1) is 11.3 Å². The van der Waals surface area contributed by atoms with Crippen LogP contribution in [0.2, 0.25) is 0 Å². The summed E-state index contributed by atoms with van der Waals surface area (Å²) in [6.45, 7) is 7.72. The molecule has 4 heteroatoms. The van der Waals surface area contributed by atoms with Crippen molar-refractivity contribution in [2.75, 3.05) is 18.0 Å². The lowest BCUT2D eigenvalue weighted by Crippen LogP contribution is -2.24. The fraction of sp³-hybridized carbons (Fsp3) is 0.412. The molecule has 1 aromatic carbocycles. The minimum absolute atomic E-state index is 0.167. The van der Waals surface area contributed by atoms with Crippen molar-refractivity contribution in [2.45, 2.75) is 33.4 Å². The number of anilines is 1. The van der Waals surface area contributed by atoms with Gasteiger partial charge in [-0.3, -0.25) is 0 Å². The van der Waals surface area contributed by atoms with Crippen LogP contribution in [0.5, 0.6) is 0 Å². The Kier molecular flexibility index (Phi) is 6.21. The lowest BCUT2D eigenvalue weighted by Gasteiger charge is -2.25. The second-order valence-electron chi connectivity index (χ2n) is 5.04. The summed E-state index contributed by atoms with van der Waals surface area (Å²) in [6, 6.07) is 9.31. The van der Waals surface area contributed by atoms with Crippen LogP contribution in [0.15, 0.2) is 35.7 Å². The van der Waals surface area contributed by atoms with Crippen molar-refractivity contribution in [1.82, 2.24) is 5.32 Å². The number of rotatable bonds is 8. The van der Waals surface area contributed by atoms with Crippen LogP contribution in [0.3, 0.4) is 0 Å². The summed E-state index contributed by atoms with van der Waals surface area (Å²) in [6.07, 6.45) is 1.08. The molecule has 2 rings (SSSR count). The molecule has 0 aliphatic heterocycles. The maximum Gasteiger partial charge on any atom is 0.123 e. The zero-order chi connectivity index (χ0) is 15.1. The van der Waals surface area contributed by atoms with Crippen molar-refractivity contribution >= 4 is 17.0 Å². The van der Waals surface area contributed by atoms with E-state index in [1.54, 1.807) is 23.5 Å². The number of hydrogen-bond donors (Lipinski definition) is 1. The Morgan fingerprint density at radius 1 is 1.24 bits per heavy atom. The van der Waals surface area contributed by atoms with Crippen LogP contribution in [-0.4, -0.2) is 13.1 Å². The Hall–Kier alpha value is -1.39. The van der Waals surface area contributed by atoms with Crippen LogP contribution >= 0.6 is 11.3 Å². The van der Waals surface area contributed by atoms with Gasteiger partial charge in [0.15, 0.2) is 0 Å². The van der Waals surface area contributed by atoms with Crippen LogP contribution in [0.4, 0.5) is 10.1 Å². The predicted molar refractivity (Wildman–Crippen MR) is 89.4 cm³/mol. The monoisotopic (exact) mass is 306 g/mol. The van der Waals surface area contributed by atoms with Crippen molar-refractivity contribution in [3.8, 4) is 0 Å². The summed E-state index contributed by atoms with van der Waals surface area (Å²) < 4.78 is 13.6. The Balaban J connectivity index is 2.18. The summed E-state index contributed by atoms with van der Waals surface area (Å²) in [5.74, 6) is -0.167. The number of halogens is 1. The smallest absolute Gasteiger partial charge is 0.123 e. The highest BCUT2D eigenvalue weighted by atomic mass is 32.1. The van der Waals surface area contributed by atoms with Crippen molar-refractivity contribution in [3.05, 3.63) is 52.0 Å². The van der Waals surface area contributed by atoms with Gasteiger partial charge in [-0.25, -0.2) is 4.39 Å². The first-order chi connectivity index (χ1) is 10.2. The molecule has 114 valence electrons. The minimum atomic E-state index is -0.167. The molecule has 1 N–H and O–H groups in total. The summed E-state index contributed by atoms with van der Waals surface area (Å²) in [5, 5.41) is 5.46.